The highest BCUT2D eigenvalue weighted by Gasteiger charge is 2.42. The van der Waals surface area contributed by atoms with Gasteiger partial charge in [0.25, 0.3) is 0 Å². The van der Waals surface area contributed by atoms with Gasteiger partial charge >= 0.3 is 5.97 Å². The van der Waals surface area contributed by atoms with Gasteiger partial charge in [-0.25, -0.2) is 9.78 Å². The van der Waals surface area contributed by atoms with Crippen molar-refractivity contribution in [2.75, 3.05) is 13.2 Å². The van der Waals surface area contributed by atoms with Gasteiger partial charge in [0.05, 0.1) is 31.8 Å². The van der Waals surface area contributed by atoms with Crippen LogP contribution in [0.15, 0.2) is 55.5 Å². The Morgan fingerprint density at radius 1 is 1.48 bits per heavy atom. The molecule has 5 nitrogen and oxygen atoms in total. The number of esters is 1. The molecule has 2 aromatic rings. The van der Waals surface area contributed by atoms with Crippen LogP contribution in [-0.2, 0) is 9.47 Å². The molecule has 0 unspecified atom stereocenters. The summed E-state index contributed by atoms with van der Waals surface area (Å²) in [6.45, 7) is 6.57. The number of carbonyl (C=O) groups excluding carboxylic acids is 1. The first-order valence-corrected chi connectivity index (χ1v) is 7.64. The molecule has 1 fully saturated rings. The van der Waals surface area contributed by atoms with Gasteiger partial charge in [-0.1, -0.05) is 36.4 Å². The third-order valence-corrected chi connectivity index (χ3v) is 4.13. The van der Waals surface area contributed by atoms with Crippen molar-refractivity contribution in [1.29, 1.82) is 0 Å². The van der Waals surface area contributed by atoms with Gasteiger partial charge < -0.3 is 14.0 Å². The van der Waals surface area contributed by atoms with Gasteiger partial charge in [0.2, 0.25) is 0 Å². The zero-order valence-corrected chi connectivity index (χ0v) is 13.1. The van der Waals surface area contributed by atoms with E-state index in [1.807, 2.05) is 41.8 Å². The quantitative estimate of drug-likeness (QED) is 0.608. The summed E-state index contributed by atoms with van der Waals surface area (Å²) in [5.41, 5.74) is 0.966. The number of hydrogen-bond donors (Lipinski definition) is 0. The highest BCUT2D eigenvalue weighted by molar-refractivity contribution is 5.87. The molecular formula is C18H20N2O3. The molecule has 0 spiro atoms. The van der Waals surface area contributed by atoms with Gasteiger partial charge in [-0.3, -0.25) is 0 Å². The maximum Gasteiger partial charge on any atom is 0.357 e. The van der Waals surface area contributed by atoms with Crippen LogP contribution in [0.25, 0.3) is 0 Å². The van der Waals surface area contributed by atoms with Crippen molar-refractivity contribution in [3.8, 4) is 0 Å². The van der Waals surface area contributed by atoms with Crippen LogP contribution in [0.5, 0.6) is 0 Å². The Labute approximate surface area is 135 Å². The number of ether oxygens (including phenoxy) is 2. The van der Waals surface area contributed by atoms with Gasteiger partial charge in [-0.05, 0) is 12.5 Å². The van der Waals surface area contributed by atoms with Crippen LogP contribution in [0.2, 0.25) is 0 Å². The molecule has 0 N–H and O–H groups in total. The lowest BCUT2D eigenvalue weighted by Gasteiger charge is -2.39. The highest BCUT2D eigenvalue weighted by atomic mass is 16.6. The van der Waals surface area contributed by atoms with Gasteiger partial charge in [-0.2, -0.15) is 0 Å². The van der Waals surface area contributed by atoms with E-state index >= 15 is 0 Å². The van der Waals surface area contributed by atoms with E-state index in [-0.39, 0.29) is 12.0 Å². The third kappa shape index (κ3) is 3.05. The van der Waals surface area contributed by atoms with Crippen molar-refractivity contribution < 1.29 is 14.3 Å². The van der Waals surface area contributed by atoms with E-state index in [1.54, 1.807) is 18.6 Å². The van der Waals surface area contributed by atoms with E-state index in [2.05, 4.69) is 11.6 Å². The molecule has 23 heavy (non-hydrogen) atoms. The number of imidazole rings is 1. The molecule has 1 aromatic heterocycles. The van der Waals surface area contributed by atoms with Crippen molar-refractivity contribution in [2.45, 2.75) is 25.0 Å². The number of rotatable bonds is 6. The molecule has 0 bridgehead atoms. The van der Waals surface area contributed by atoms with Crippen molar-refractivity contribution in [1.82, 2.24) is 9.55 Å². The Hall–Kier alpha value is -2.40. The standard InChI is InChI=1S/C18H20N2O3/c1-3-9-18(11-22-12-18)23-17(21)16-10-19-13-20(16)14(2)15-7-5-4-6-8-15/h3-8,10,13-14H,1,9,11-12H2,2H3/t14-/m1/s1. The summed E-state index contributed by atoms with van der Waals surface area (Å²) in [6, 6.07) is 9.97. The summed E-state index contributed by atoms with van der Waals surface area (Å²) < 4.78 is 12.7. The lowest BCUT2D eigenvalue weighted by atomic mass is 9.97. The summed E-state index contributed by atoms with van der Waals surface area (Å²) in [7, 11) is 0. The fourth-order valence-electron chi connectivity index (χ4n) is 2.72. The normalized spacial score (nSPS) is 17.1. The van der Waals surface area contributed by atoms with E-state index in [9.17, 15) is 4.79 Å². The molecule has 1 aliphatic rings. The Kier molecular flexibility index (Phi) is 4.30. The van der Waals surface area contributed by atoms with Crippen LogP contribution >= 0.6 is 0 Å². The molecule has 2 heterocycles. The summed E-state index contributed by atoms with van der Waals surface area (Å²) in [4.78, 5) is 16.7. The van der Waals surface area contributed by atoms with Crippen LogP contribution in [0.4, 0.5) is 0 Å². The molecule has 120 valence electrons. The number of hydrogen-bond acceptors (Lipinski definition) is 4. The van der Waals surface area contributed by atoms with Crippen LogP contribution < -0.4 is 0 Å². The van der Waals surface area contributed by atoms with Gasteiger partial charge in [-0.15, -0.1) is 6.58 Å². The van der Waals surface area contributed by atoms with Crippen molar-refractivity contribution >= 4 is 5.97 Å². The second-order valence-corrected chi connectivity index (χ2v) is 5.83. The second kappa shape index (κ2) is 6.38. The highest BCUT2D eigenvalue weighted by Crippen LogP contribution is 2.28. The van der Waals surface area contributed by atoms with Crippen molar-refractivity contribution in [3.05, 3.63) is 66.8 Å². The first-order chi connectivity index (χ1) is 11.2. The number of nitrogens with zero attached hydrogens (tertiary/aromatic N) is 2. The topological polar surface area (TPSA) is 53.3 Å². The zero-order chi connectivity index (χ0) is 16.3. The van der Waals surface area contributed by atoms with E-state index in [4.69, 9.17) is 9.47 Å². The molecule has 1 atom stereocenters. The molecule has 5 heteroatoms. The SMILES string of the molecule is C=CCC1(OC(=O)c2cncn2[C@H](C)c2ccccc2)COC1. The molecule has 1 aromatic carbocycles. The van der Waals surface area contributed by atoms with Crippen molar-refractivity contribution in [3.63, 3.8) is 0 Å². The maximum atomic E-state index is 12.6. The lowest BCUT2D eigenvalue weighted by Crippen LogP contribution is -2.52. The smallest absolute Gasteiger partial charge is 0.357 e. The van der Waals surface area contributed by atoms with Crippen molar-refractivity contribution in [2.24, 2.45) is 0 Å². The molecule has 3 rings (SSSR count). The number of aromatic nitrogens is 2. The second-order valence-electron chi connectivity index (χ2n) is 5.83. The fourth-order valence-corrected chi connectivity index (χ4v) is 2.72. The Bertz CT molecular complexity index is 689. The summed E-state index contributed by atoms with van der Waals surface area (Å²) >= 11 is 0. The Morgan fingerprint density at radius 3 is 2.83 bits per heavy atom. The largest absolute Gasteiger partial charge is 0.449 e. The minimum absolute atomic E-state index is 0.00533. The van der Waals surface area contributed by atoms with Crippen LogP contribution in [0.1, 0.15) is 35.4 Å². The van der Waals surface area contributed by atoms with E-state index in [1.165, 1.54) is 0 Å². The van der Waals surface area contributed by atoms with Crippen LogP contribution in [-0.4, -0.2) is 34.3 Å². The van der Waals surface area contributed by atoms with Crippen LogP contribution in [0.3, 0.4) is 0 Å². The predicted octanol–water partition coefficient (Wildman–Crippen LogP) is 2.99. The molecule has 1 aliphatic heterocycles. The Balaban J connectivity index is 1.80. The predicted molar refractivity (Wildman–Crippen MR) is 86.3 cm³/mol. The molecule has 0 saturated carbocycles. The zero-order valence-electron chi connectivity index (χ0n) is 13.1. The average molecular weight is 312 g/mol. The summed E-state index contributed by atoms with van der Waals surface area (Å²) in [5, 5.41) is 0. The minimum Gasteiger partial charge on any atom is -0.449 e. The third-order valence-electron chi connectivity index (χ3n) is 4.13. The first-order valence-electron chi connectivity index (χ1n) is 7.64. The van der Waals surface area contributed by atoms with Crippen LogP contribution in [0, 0.1) is 0 Å². The van der Waals surface area contributed by atoms with Gasteiger partial charge in [0.15, 0.2) is 5.60 Å². The van der Waals surface area contributed by atoms with Gasteiger partial charge in [0, 0.05) is 6.42 Å². The summed E-state index contributed by atoms with van der Waals surface area (Å²) in [5.74, 6) is -0.379. The molecule has 1 saturated heterocycles. The number of benzene rings is 1. The maximum absolute atomic E-state index is 12.6. The molecular weight excluding hydrogens is 292 g/mol. The molecule has 0 radical (unpaired) electrons. The fraction of sp³-hybridized carbons (Fsp3) is 0.333. The lowest BCUT2D eigenvalue weighted by molar-refractivity contribution is -0.178. The van der Waals surface area contributed by atoms with E-state index < -0.39 is 5.60 Å². The Morgan fingerprint density at radius 2 is 2.22 bits per heavy atom. The summed E-state index contributed by atoms with van der Waals surface area (Å²) in [6.07, 6.45) is 5.54. The average Bonchev–Trinajstić information content (AvgIpc) is 3.02. The monoisotopic (exact) mass is 312 g/mol. The number of carbonyl (C=O) groups is 1. The van der Waals surface area contributed by atoms with E-state index in [0.29, 0.717) is 25.3 Å². The first kappa shape index (κ1) is 15.5. The molecule has 0 amide bonds. The minimum atomic E-state index is -0.579. The van der Waals surface area contributed by atoms with Gasteiger partial charge in [0.1, 0.15) is 5.69 Å². The molecule has 0 aliphatic carbocycles. The van der Waals surface area contributed by atoms with E-state index in [0.717, 1.165) is 5.56 Å².